The summed E-state index contributed by atoms with van der Waals surface area (Å²) in [5.41, 5.74) is 0. The lowest BCUT2D eigenvalue weighted by molar-refractivity contribution is 0.0317. The molecule has 0 aromatic carbocycles. The highest BCUT2D eigenvalue weighted by Gasteiger charge is 2.25. The number of unbranched alkanes of at least 4 members (excludes halogenated alkanes) is 3. The highest BCUT2D eigenvalue weighted by atomic mass is 16.5. The Balaban J connectivity index is 2.09. The number of hydrogen-bond donors (Lipinski definition) is 1. The Bertz CT molecular complexity index is 193. The molecule has 1 fully saturated rings. The lowest BCUT2D eigenvalue weighted by atomic mass is 10.00. The first kappa shape index (κ1) is 15.9. The second-order valence-corrected chi connectivity index (χ2v) is 5.51. The van der Waals surface area contributed by atoms with Gasteiger partial charge in [-0.3, -0.25) is 0 Å². The summed E-state index contributed by atoms with van der Waals surface area (Å²) in [7, 11) is 2.03. The van der Waals surface area contributed by atoms with Crippen LogP contribution in [0.25, 0.3) is 0 Å². The fourth-order valence-electron chi connectivity index (χ4n) is 2.54. The van der Waals surface area contributed by atoms with Gasteiger partial charge in [0.15, 0.2) is 0 Å². The third-order valence-corrected chi connectivity index (χ3v) is 3.93. The van der Waals surface area contributed by atoms with Gasteiger partial charge in [-0.05, 0) is 26.8 Å². The van der Waals surface area contributed by atoms with Crippen molar-refractivity contribution in [1.82, 2.24) is 5.32 Å². The molecule has 1 N–H and O–H groups in total. The van der Waals surface area contributed by atoms with E-state index in [1.807, 2.05) is 7.05 Å². The van der Waals surface area contributed by atoms with Crippen molar-refractivity contribution in [3.63, 3.8) is 0 Å². The maximum absolute atomic E-state index is 5.97. The number of likely N-dealkylation sites (N-methyl/N-ethyl adjacent to an activating group) is 1. The van der Waals surface area contributed by atoms with Crippen LogP contribution in [0.2, 0.25) is 0 Å². The van der Waals surface area contributed by atoms with E-state index in [4.69, 9.17) is 9.47 Å². The molecule has 1 rings (SSSR count). The van der Waals surface area contributed by atoms with Crippen LogP contribution in [0.15, 0.2) is 0 Å². The molecule has 0 bridgehead atoms. The van der Waals surface area contributed by atoms with Crippen molar-refractivity contribution in [2.24, 2.45) is 5.92 Å². The Hall–Kier alpha value is -0.120. The molecule has 0 spiro atoms. The van der Waals surface area contributed by atoms with Gasteiger partial charge in [0.1, 0.15) is 0 Å². The van der Waals surface area contributed by atoms with Gasteiger partial charge in [-0.2, -0.15) is 0 Å². The van der Waals surface area contributed by atoms with Crippen LogP contribution < -0.4 is 5.32 Å². The number of hydrogen-bond acceptors (Lipinski definition) is 3. The Labute approximate surface area is 113 Å². The van der Waals surface area contributed by atoms with E-state index < -0.39 is 0 Å². The van der Waals surface area contributed by atoms with E-state index in [0.717, 1.165) is 19.8 Å². The van der Waals surface area contributed by atoms with E-state index in [-0.39, 0.29) is 0 Å². The molecular formula is C15H31NO2. The van der Waals surface area contributed by atoms with Gasteiger partial charge >= 0.3 is 0 Å². The monoisotopic (exact) mass is 257 g/mol. The maximum Gasteiger partial charge on any atom is 0.0626 e. The molecule has 3 heteroatoms. The lowest BCUT2D eigenvalue weighted by Gasteiger charge is -2.24. The standard InChI is InChI=1S/C15H31NO2/c1-4-5-6-7-8-13(2)18-12-15(16-3)14-9-10-17-11-14/h13-16H,4-12H2,1-3H3. The highest BCUT2D eigenvalue weighted by molar-refractivity contribution is 4.78. The zero-order valence-electron chi connectivity index (χ0n) is 12.4. The first-order valence-corrected chi connectivity index (χ1v) is 7.64. The van der Waals surface area contributed by atoms with Crippen LogP contribution in [0, 0.1) is 5.92 Å². The first-order chi connectivity index (χ1) is 8.77. The summed E-state index contributed by atoms with van der Waals surface area (Å²) >= 11 is 0. The largest absolute Gasteiger partial charge is 0.381 e. The molecule has 0 aromatic rings. The Morgan fingerprint density at radius 2 is 2.17 bits per heavy atom. The molecule has 3 atom stereocenters. The van der Waals surface area contributed by atoms with E-state index >= 15 is 0 Å². The molecule has 1 saturated heterocycles. The van der Waals surface area contributed by atoms with Crippen LogP contribution in [0.3, 0.4) is 0 Å². The molecule has 18 heavy (non-hydrogen) atoms. The molecule has 0 aromatic heterocycles. The second kappa shape index (κ2) is 9.76. The molecule has 1 aliphatic rings. The van der Waals surface area contributed by atoms with Crippen molar-refractivity contribution in [3.8, 4) is 0 Å². The Morgan fingerprint density at radius 3 is 2.78 bits per heavy atom. The van der Waals surface area contributed by atoms with Crippen LogP contribution in [0.4, 0.5) is 0 Å². The van der Waals surface area contributed by atoms with Crippen LogP contribution in [0.1, 0.15) is 52.4 Å². The summed E-state index contributed by atoms with van der Waals surface area (Å²) in [6.07, 6.45) is 8.04. The second-order valence-electron chi connectivity index (χ2n) is 5.51. The molecule has 3 unspecified atom stereocenters. The number of ether oxygens (including phenoxy) is 2. The van der Waals surface area contributed by atoms with Crippen molar-refractivity contribution < 1.29 is 9.47 Å². The molecule has 108 valence electrons. The van der Waals surface area contributed by atoms with Crippen LogP contribution in [-0.2, 0) is 9.47 Å². The van der Waals surface area contributed by atoms with Crippen LogP contribution in [0.5, 0.6) is 0 Å². The maximum atomic E-state index is 5.97. The normalized spacial score (nSPS) is 23.2. The van der Waals surface area contributed by atoms with Crippen molar-refractivity contribution in [2.45, 2.75) is 64.5 Å². The highest BCUT2D eigenvalue weighted by Crippen LogP contribution is 2.17. The molecule has 0 radical (unpaired) electrons. The third-order valence-electron chi connectivity index (χ3n) is 3.93. The van der Waals surface area contributed by atoms with Crippen molar-refractivity contribution in [2.75, 3.05) is 26.9 Å². The van der Waals surface area contributed by atoms with Crippen LogP contribution >= 0.6 is 0 Å². The van der Waals surface area contributed by atoms with Crippen molar-refractivity contribution in [3.05, 3.63) is 0 Å². The predicted octanol–water partition coefficient (Wildman–Crippen LogP) is 2.99. The minimum absolute atomic E-state index is 0.389. The quantitative estimate of drug-likeness (QED) is 0.610. The smallest absolute Gasteiger partial charge is 0.0626 e. The van der Waals surface area contributed by atoms with Gasteiger partial charge in [0.25, 0.3) is 0 Å². The number of rotatable bonds is 10. The topological polar surface area (TPSA) is 30.5 Å². The van der Waals surface area contributed by atoms with Gasteiger partial charge in [-0.1, -0.05) is 32.6 Å². The first-order valence-electron chi connectivity index (χ1n) is 7.64. The fourth-order valence-corrected chi connectivity index (χ4v) is 2.54. The SMILES string of the molecule is CCCCCCC(C)OCC(NC)C1CCOC1. The zero-order valence-corrected chi connectivity index (χ0v) is 12.4. The van der Waals surface area contributed by atoms with Gasteiger partial charge in [0.2, 0.25) is 0 Å². The summed E-state index contributed by atoms with van der Waals surface area (Å²) in [4.78, 5) is 0. The predicted molar refractivity (Wildman–Crippen MR) is 75.9 cm³/mol. The summed E-state index contributed by atoms with van der Waals surface area (Å²) in [6.45, 7) is 7.07. The molecule has 1 heterocycles. The van der Waals surface area contributed by atoms with Crippen molar-refractivity contribution in [1.29, 1.82) is 0 Å². The molecule has 0 amide bonds. The summed E-state index contributed by atoms with van der Waals surface area (Å²) in [6, 6.07) is 0.450. The summed E-state index contributed by atoms with van der Waals surface area (Å²) in [5.74, 6) is 0.627. The van der Waals surface area contributed by atoms with Gasteiger partial charge in [-0.25, -0.2) is 0 Å². The van der Waals surface area contributed by atoms with Gasteiger partial charge < -0.3 is 14.8 Å². The van der Waals surface area contributed by atoms with E-state index in [0.29, 0.717) is 18.1 Å². The van der Waals surface area contributed by atoms with E-state index in [1.165, 1.54) is 38.5 Å². The van der Waals surface area contributed by atoms with Crippen molar-refractivity contribution >= 4 is 0 Å². The average Bonchev–Trinajstić information content (AvgIpc) is 2.89. The molecule has 0 aliphatic carbocycles. The molecular weight excluding hydrogens is 226 g/mol. The summed E-state index contributed by atoms with van der Waals surface area (Å²) in [5, 5.41) is 3.37. The summed E-state index contributed by atoms with van der Waals surface area (Å²) < 4.78 is 11.4. The zero-order chi connectivity index (χ0) is 13.2. The fraction of sp³-hybridized carbons (Fsp3) is 1.00. The molecule has 0 saturated carbocycles. The van der Waals surface area contributed by atoms with E-state index in [1.54, 1.807) is 0 Å². The minimum atomic E-state index is 0.389. The van der Waals surface area contributed by atoms with Gasteiger partial charge in [-0.15, -0.1) is 0 Å². The Kier molecular flexibility index (Phi) is 8.64. The van der Waals surface area contributed by atoms with Crippen LogP contribution in [-0.4, -0.2) is 39.0 Å². The minimum Gasteiger partial charge on any atom is -0.381 e. The Morgan fingerprint density at radius 1 is 1.33 bits per heavy atom. The van der Waals surface area contributed by atoms with Gasteiger partial charge in [0.05, 0.1) is 19.3 Å². The van der Waals surface area contributed by atoms with E-state index in [9.17, 15) is 0 Å². The number of nitrogens with one attached hydrogen (secondary N) is 1. The van der Waals surface area contributed by atoms with Gasteiger partial charge in [0, 0.05) is 18.6 Å². The molecule has 1 aliphatic heterocycles. The molecule has 3 nitrogen and oxygen atoms in total. The third kappa shape index (κ3) is 6.17. The lowest BCUT2D eigenvalue weighted by Crippen LogP contribution is -2.39. The average molecular weight is 257 g/mol. The van der Waals surface area contributed by atoms with E-state index in [2.05, 4.69) is 19.2 Å².